The van der Waals surface area contributed by atoms with Gasteiger partial charge >= 0.3 is 0 Å². The molecule has 0 saturated carbocycles. The Balaban J connectivity index is 0.00000154. The van der Waals surface area contributed by atoms with Gasteiger partial charge in [0, 0.05) is 10.5 Å². The summed E-state index contributed by atoms with van der Waals surface area (Å²) < 4.78 is 0. The molecule has 0 spiro atoms. The van der Waals surface area contributed by atoms with Crippen LogP contribution in [0.2, 0.25) is 0 Å². The number of hydrogen-bond donors (Lipinski definition) is 2. The number of nitrogens with two attached hydrogens (primary N) is 2. The average molecular weight is 279 g/mol. The van der Waals surface area contributed by atoms with Gasteiger partial charge in [0.05, 0.1) is 0 Å². The number of thioether (sulfide) groups is 1. The van der Waals surface area contributed by atoms with E-state index in [2.05, 4.69) is 32.5 Å². The van der Waals surface area contributed by atoms with Crippen molar-refractivity contribution < 1.29 is 0 Å². The highest BCUT2D eigenvalue weighted by atomic mass is 32.2. The third kappa shape index (κ3) is 5.39. The molecule has 0 fully saturated rings. The Hall–Kier alpha value is -1.42. The van der Waals surface area contributed by atoms with E-state index in [0.29, 0.717) is 11.8 Å². The summed E-state index contributed by atoms with van der Waals surface area (Å²) >= 11 is 1.67. The van der Waals surface area contributed by atoms with Crippen molar-refractivity contribution in [2.24, 2.45) is 22.6 Å². The third-order valence-corrected chi connectivity index (χ3v) is 3.90. The van der Waals surface area contributed by atoms with Gasteiger partial charge in [-0.3, -0.25) is 0 Å². The zero-order valence-electron chi connectivity index (χ0n) is 12.5. The third-order valence-electron chi connectivity index (χ3n) is 2.51. The zero-order valence-corrected chi connectivity index (χ0v) is 13.3. The lowest BCUT2D eigenvalue weighted by Gasteiger charge is -2.12. The molecule has 0 heterocycles. The summed E-state index contributed by atoms with van der Waals surface area (Å²) in [6.45, 7) is 14.4. The number of nitrogens with zero attached hydrogens (tertiary/aromatic N) is 1. The summed E-state index contributed by atoms with van der Waals surface area (Å²) in [5.41, 5.74) is 7.74. The van der Waals surface area contributed by atoms with Crippen LogP contribution in [0.3, 0.4) is 0 Å². The Kier molecular flexibility index (Phi) is 8.00. The molecule has 1 rings (SSSR count). The molecule has 0 aliphatic carbocycles. The molecule has 19 heavy (non-hydrogen) atoms. The van der Waals surface area contributed by atoms with Gasteiger partial charge < -0.3 is 11.6 Å². The molecule has 3 nitrogen and oxygen atoms in total. The van der Waals surface area contributed by atoms with E-state index in [1.54, 1.807) is 11.8 Å². The van der Waals surface area contributed by atoms with Crippen LogP contribution in [-0.2, 0) is 0 Å². The highest BCUT2D eigenvalue weighted by Crippen LogP contribution is 2.33. The van der Waals surface area contributed by atoms with E-state index in [1.165, 1.54) is 5.56 Å². The first-order chi connectivity index (χ1) is 8.95. The molecule has 1 aromatic rings. The van der Waals surface area contributed by atoms with E-state index >= 15 is 0 Å². The number of rotatable bonds is 4. The van der Waals surface area contributed by atoms with Crippen LogP contribution in [-0.4, -0.2) is 5.84 Å². The molecule has 106 valence electrons. The highest BCUT2D eigenvalue weighted by molar-refractivity contribution is 8.03. The lowest BCUT2D eigenvalue weighted by molar-refractivity contribution is 0.819. The van der Waals surface area contributed by atoms with Gasteiger partial charge in [-0.1, -0.05) is 58.2 Å². The van der Waals surface area contributed by atoms with Crippen molar-refractivity contribution in [3.63, 3.8) is 0 Å². The second kappa shape index (κ2) is 8.64. The van der Waals surface area contributed by atoms with Crippen LogP contribution in [0.5, 0.6) is 0 Å². The van der Waals surface area contributed by atoms with Gasteiger partial charge in [0.25, 0.3) is 0 Å². The minimum atomic E-state index is 0.349. The molecule has 0 aliphatic heterocycles. The predicted octanol–water partition coefficient (Wildman–Crippen LogP) is 3.86. The van der Waals surface area contributed by atoms with E-state index in [1.807, 2.05) is 32.0 Å². The zero-order chi connectivity index (χ0) is 15.0. The summed E-state index contributed by atoms with van der Waals surface area (Å²) in [6, 6.07) is 5.94. The van der Waals surface area contributed by atoms with Crippen molar-refractivity contribution in [2.75, 3.05) is 0 Å². The Morgan fingerprint density at radius 3 is 2.37 bits per heavy atom. The first kappa shape index (κ1) is 17.6. The Morgan fingerprint density at radius 2 is 1.89 bits per heavy atom. The Bertz CT molecular complexity index is 451. The van der Waals surface area contributed by atoms with Crippen molar-refractivity contribution in [3.8, 4) is 0 Å². The van der Waals surface area contributed by atoms with Crippen molar-refractivity contribution >= 4 is 17.6 Å². The number of hydrazone groups is 1. The standard InChI is InChI=1S/C13H19N3S.C2H6/c1-8(2)10(4)17-12-7-11(13(14)16-15)6-5-9(12)3;1-2/h5-8H,4,15H2,1-3H3,(H2,14,16);1-2H3. The first-order valence-corrected chi connectivity index (χ1v) is 7.28. The number of hydrogen-bond acceptors (Lipinski definition) is 3. The second-order valence-electron chi connectivity index (χ2n) is 4.22. The first-order valence-electron chi connectivity index (χ1n) is 6.46. The maximum atomic E-state index is 5.70. The van der Waals surface area contributed by atoms with Gasteiger partial charge in [0.15, 0.2) is 0 Å². The fourth-order valence-corrected chi connectivity index (χ4v) is 2.14. The van der Waals surface area contributed by atoms with Crippen molar-refractivity contribution in [3.05, 3.63) is 40.8 Å². The smallest absolute Gasteiger partial charge is 0.150 e. The van der Waals surface area contributed by atoms with E-state index in [9.17, 15) is 0 Å². The fraction of sp³-hybridized carbons (Fsp3) is 0.400. The Morgan fingerprint density at radius 1 is 1.32 bits per heavy atom. The molecule has 0 atom stereocenters. The van der Waals surface area contributed by atoms with E-state index in [4.69, 9.17) is 11.6 Å². The topological polar surface area (TPSA) is 64.4 Å². The van der Waals surface area contributed by atoms with Crippen LogP contribution in [0.15, 0.2) is 39.7 Å². The molecular weight excluding hydrogens is 254 g/mol. The molecule has 0 saturated heterocycles. The predicted molar refractivity (Wildman–Crippen MR) is 87.3 cm³/mol. The van der Waals surface area contributed by atoms with Crippen molar-refractivity contribution in [2.45, 2.75) is 39.5 Å². The molecular formula is C15H25N3S. The van der Waals surface area contributed by atoms with Gasteiger partial charge in [-0.25, -0.2) is 0 Å². The molecule has 0 unspecified atom stereocenters. The van der Waals surface area contributed by atoms with Gasteiger partial charge in [0.1, 0.15) is 5.84 Å². The Labute approximate surface area is 121 Å². The van der Waals surface area contributed by atoms with Crippen LogP contribution in [0, 0.1) is 12.8 Å². The minimum absolute atomic E-state index is 0.349. The summed E-state index contributed by atoms with van der Waals surface area (Å²) in [6.07, 6.45) is 0. The number of benzene rings is 1. The van der Waals surface area contributed by atoms with Crippen molar-refractivity contribution in [1.29, 1.82) is 0 Å². The summed E-state index contributed by atoms with van der Waals surface area (Å²) in [5.74, 6) is 5.98. The quantitative estimate of drug-likeness (QED) is 0.289. The second-order valence-corrected chi connectivity index (χ2v) is 5.39. The fourth-order valence-electron chi connectivity index (χ4n) is 1.20. The highest BCUT2D eigenvalue weighted by Gasteiger charge is 2.08. The molecule has 0 radical (unpaired) electrons. The largest absolute Gasteiger partial charge is 0.382 e. The summed E-state index contributed by atoms with van der Waals surface area (Å²) in [4.78, 5) is 2.28. The molecule has 4 heteroatoms. The van der Waals surface area contributed by atoms with Gasteiger partial charge in [-0.2, -0.15) is 5.10 Å². The van der Waals surface area contributed by atoms with E-state index < -0.39 is 0 Å². The number of amidine groups is 1. The lowest BCUT2D eigenvalue weighted by Crippen LogP contribution is -2.15. The number of aryl methyl sites for hydroxylation is 1. The van der Waals surface area contributed by atoms with E-state index in [-0.39, 0.29) is 0 Å². The number of allylic oxidation sites excluding steroid dienone is 1. The molecule has 0 aliphatic rings. The maximum Gasteiger partial charge on any atom is 0.150 e. The van der Waals surface area contributed by atoms with Crippen LogP contribution >= 0.6 is 11.8 Å². The molecule has 0 aromatic heterocycles. The molecule has 4 N–H and O–H groups in total. The molecule has 1 aromatic carbocycles. The van der Waals surface area contributed by atoms with Crippen LogP contribution in [0.1, 0.15) is 38.8 Å². The summed E-state index contributed by atoms with van der Waals surface area (Å²) in [7, 11) is 0. The lowest BCUT2D eigenvalue weighted by atomic mass is 10.1. The minimum Gasteiger partial charge on any atom is -0.382 e. The normalized spacial score (nSPS) is 10.9. The maximum absolute atomic E-state index is 5.70. The van der Waals surface area contributed by atoms with Gasteiger partial charge in [0.2, 0.25) is 0 Å². The van der Waals surface area contributed by atoms with Crippen LogP contribution < -0.4 is 11.6 Å². The van der Waals surface area contributed by atoms with E-state index in [0.717, 1.165) is 15.4 Å². The molecule has 0 bridgehead atoms. The van der Waals surface area contributed by atoms with Gasteiger partial charge in [-0.15, -0.1) is 0 Å². The SMILES string of the molecule is C=C(Sc1cc(/C(N)=N/N)ccc1C)C(C)C.CC. The average Bonchev–Trinajstić information content (AvgIpc) is 2.42. The monoisotopic (exact) mass is 279 g/mol. The van der Waals surface area contributed by atoms with Crippen LogP contribution in [0.25, 0.3) is 0 Å². The van der Waals surface area contributed by atoms with Crippen LogP contribution in [0.4, 0.5) is 0 Å². The summed E-state index contributed by atoms with van der Waals surface area (Å²) in [5, 5.41) is 3.51. The van der Waals surface area contributed by atoms with Crippen molar-refractivity contribution in [1.82, 2.24) is 0 Å². The van der Waals surface area contributed by atoms with Gasteiger partial charge in [-0.05, 0) is 29.4 Å². The molecule has 0 amide bonds.